The molecule has 1 N–H and O–H groups in total. The van der Waals surface area contributed by atoms with Gasteiger partial charge in [0.25, 0.3) is 0 Å². The number of amides is 2. The average Bonchev–Trinajstić information content (AvgIpc) is 3.07. The highest BCUT2D eigenvalue weighted by atomic mass is 19.1. The van der Waals surface area contributed by atoms with Gasteiger partial charge < -0.3 is 14.8 Å². The number of carbonyl (C=O) groups is 1. The Morgan fingerprint density at radius 3 is 2.46 bits per heavy atom. The normalized spacial score (nSPS) is 15.4. The Labute approximate surface area is 167 Å². The molecule has 4 nitrogen and oxygen atoms in total. The summed E-state index contributed by atoms with van der Waals surface area (Å²) < 4.78 is 15.3. The minimum atomic E-state index is -0.264. The fraction of sp³-hybridized carbons (Fsp3) is 0.522. The fourth-order valence-corrected chi connectivity index (χ4v) is 3.86. The molecule has 2 amide bonds. The van der Waals surface area contributed by atoms with Gasteiger partial charge in [-0.25, -0.2) is 9.18 Å². The molecule has 152 valence electrons. The predicted octanol–water partition coefficient (Wildman–Crippen LogP) is 5.32. The Balaban J connectivity index is 1.77. The highest BCUT2D eigenvalue weighted by molar-refractivity contribution is 5.75. The van der Waals surface area contributed by atoms with Crippen molar-refractivity contribution >= 4 is 6.03 Å². The zero-order valence-electron chi connectivity index (χ0n) is 17.2. The van der Waals surface area contributed by atoms with Crippen LogP contribution in [0.3, 0.4) is 0 Å². The van der Waals surface area contributed by atoms with Crippen LogP contribution in [0.5, 0.6) is 0 Å². The van der Waals surface area contributed by atoms with E-state index in [1.54, 1.807) is 0 Å². The molecular formula is C23H32FN3O. The fourth-order valence-electron chi connectivity index (χ4n) is 3.86. The van der Waals surface area contributed by atoms with Gasteiger partial charge in [-0.15, -0.1) is 0 Å². The second-order valence-electron chi connectivity index (χ2n) is 8.85. The van der Waals surface area contributed by atoms with E-state index in [1.165, 1.54) is 31.4 Å². The quantitative estimate of drug-likeness (QED) is 0.743. The van der Waals surface area contributed by atoms with E-state index in [-0.39, 0.29) is 23.4 Å². The van der Waals surface area contributed by atoms with Crippen LogP contribution in [0.15, 0.2) is 42.6 Å². The third-order valence-electron chi connectivity index (χ3n) is 5.28. The van der Waals surface area contributed by atoms with Gasteiger partial charge in [-0.05, 0) is 63.4 Å². The summed E-state index contributed by atoms with van der Waals surface area (Å²) in [6.07, 6.45) is 7.78. The molecule has 1 aliphatic rings. The number of nitrogens with one attached hydrogen (secondary N) is 1. The van der Waals surface area contributed by atoms with Gasteiger partial charge in [0.15, 0.2) is 0 Å². The van der Waals surface area contributed by atoms with Gasteiger partial charge in [-0.2, -0.15) is 0 Å². The number of urea groups is 1. The lowest BCUT2D eigenvalue weighted by molar-refractivity contribution is 0.142. The molecule has 0 saturated heterocycles. The minimum absolute atomic E-state index is 0.00827. The number of halogens is 1. The average molecular weight is 386 g/mol. The van der Waals surface area contributed by atoms with Crippen molar-refractivity contribution in [2.45, 2.75) is 77.5 Å². The summed E-state index contributed by atoms with van der Waals surface area (Å²) >= 11 is 0. The van der Waals surface area contributed by atoms with Crippen molar-refractivity contribution in [1.82, 2.24) is 14.8 Å². The van der Waals surface area contributed by atoms with Crippen molar-refractivity contribution in [2.24, 2.45) is 0 Å². The lowest BCUT2D eigenvalue weighted by Crippen LogP contribution is -2.52. The SMILES string of the molecule is CC(C)(C)NC(=O)N(Cc1cccn1Cc1ccc(F)cc1)C1CCCCC1. The summed E-state index contributed by atoms with van der Waals surface area (Å²) in [5.74, 6) is -0.223. The monoisotopic (exact) mass is 385 g/mol. The molecule has 1 saturated carbocycles. The van der Waals surface area contributed by atoms with Crippen LogP contribution in [-0.2, 0) is 13.1 Å². The molecule has 28 heavy (non-hydrogen) atoms. The van der Waals surface area contributed by atoms with Crippen molar-refractivity contribution in [2.75, 3.05) is 0 Å². The number of carbonyl (C=O) groups excluding carboxylic acids is 1. The number of nitrogens with zero attached hydrogens (tertiary/aromatic N) is 2. The van der Waals surface area contributed by atoms with Crippen LogP contribution in [0, 0.1) is 5.82 Å². The van der Waals surface area contributed by atoms with E-state index in [1.807, 2.05) is 50.1 Å². The van der Waals surface area contributed by atoms with Gasteiger partial charge in [0.1, 0.15) is 5.82 Å². The summed E-state index contributed by atoms with van der Waals surface area (Å²) in [6.45, 7) is 7.30. The Kier molecular flexibility index (Phi) is 6.42. The highest BCUT2D eigenvalue weighted by Crippen LogP contribution is 2.25. The van der Waals surface area contributed by atoms with Crippen LogP contribution in [0.25, 0.3) is 0 Å². The van der Waals surface area contributed by atoms with Crippen molar-refractivity contribution in [3.8, 4) is 0 Å². The molecule has 0 spiro atoms. The van der Waals surface area contributed by atoms with Crippen LogP contribution in [0.1, 0.15) is 64.1 Å². The number of hydrogen-bond acceptors (Lipinski definition) is 1. The maximum Gasteiger partial charge on any atom is 0.318 e. The molecule has 1 aliphatic carbocycles. The predicted molar refractivity (Wildman–Crippen MR) is 111 cm³/mol. The smallest absolute Gasteiger partial charge is 0.318 e. The lowest BCUT2D eigenvalue weighted by Gasteiger charge is -2.36. The summed E-state index contributed by atoms with van der Waals surface area (Å²) in [5, 5.41) is 3.14. The van der Waals surface area contributed by atoms with Gasteiger partial charge in [-0.1, -0.05) is 31.4 Å². The van der Waals surface area contributed by atoms with Crippen molar-refractivity contribution < 1.29 is 9.18 Å². The topological polar surface area (TPSA) is 37.3 Å². The van der Waals surface area contributed by atoms with Crippen LogP contribution in [0.4, 0.5) is 9.18 Å². The van der Waals surface area contributed by atoms with Crippen LogP contribution in [-0.4, -0.2) is 27.1 Å². The molecule has 0 unspecified atom stereocenters. The van der Waals surface area contributed by atoms with Crippen molar-refractivity contribution in [3.05, 3.63) is 59.7 Å². The van der Waals surface area contributed by atoms with Gasteiger partial charge in [0, 0.05) is 30.0 Å². The first-order valence-corrected chi connectivity index (χ1v) is 10.3. The Bertz CT molecular complexity index is 770. The first-order valence-electron chi connectivity index (χ1n) is 10.3. The number of hydrogen-bond donors (Lipinski definition) is 1. The Hall–Kier alpha value is -2.30. The maximum absolute atomic E-state index is 13.2. The van der Waals surface area contributed by atoms with Crippen molar-refractivity contribution in [3.63, 3.8) is 0 Å². The zero-order valence-corrected chi connectivity index (χ0v) is 17.2. The van der Waals surface area contributed by atoms with Crippen LogP contribution >= 0.6 is 0 Å². The van der Waals surface area contributed by atoms with Crippen LogP contribution in [0.2, 0.25) is 0 Å². The second-order valence-corrected chi connectivity index (χ2v) is 8.85. The first kappa shape index (κ1) is 20.4. The van der Waals surface area contributed by atoms with E-state index >= 15 is 0 Å². The summed E-state index contributed by atoms with van der Waals surface area (Å²) in [5.41, 5.74) is 1.88. The van der Waals surface area contributed by atoms with Gasteiger partial charge in [0.2, 0.25) is 0 Å². The number of rotatable bonds is 5. The van der Waals surface area contributed by atoms with E-state index in [2.05, 4.69) is 16.0 Å². The lowest BCUT2D eigenvalue weighted by atomic mass is 9.94. The van der Waals surface area contributed by atoms with E-state index in [9.17, 15) is 9.18 Å². The Morgan fingerprint density at radius 2 is 1.82 bits per heavy atom. The zero-order chi connectivity index (χ0) is 20.1. The summed E-state index contributed by atoms with van der Waals surface area (Å²) in [4.78, 5) is 15.1. The molecule has 0 radical (unpaired) electrons. The molecule has 3 rings (SSSR count). The molecular weight excluding hydrogens is 353 g/mol. The molecule has 1 heterocycles. The van der Waals surface area contributed by atoms with Crippen molar-refractivity contribution in [1.29, 1.82) is 0 Å². The largest absolute Gasteiger partial charge is 0.345 e. The van der Waals surface area contributed by atoms with Gasteiger partial charge in [0.05, 0.1) is 6.54 Å². The van der Waals surface area contributed by atoms with Gasteiger partial charge in [-0.3, -0.25) is 0 Å². The standard InChI is InChI=1S/C23H32FN3O/c1-23(2,3)25-22(28)27(20-8-5-4-6-9-20)17-21-10-7-15-26(21)16-18-11-13-19(24)14-12-18/h7,10-15,20H,4-6,8-9,16-17H2,1-3H3,(H,25,28). The number of aromatic nitrogens is 1. The molecule has 0 bridgehead atoms. The van der Waals surface area contributed by atoms with Crippen LogP contribution < -0.4 is 5.32 Å². The molecule has 0 aliphatic heterocycles. The van der Waals surface area contributed by atoms with Gasteiger partial charge >= 0.3 is 6.03 Å². The van der Waals surface area contributed by atoms with E-state index < -0.39 is 0 Å². The summed E-state index contributed by atoms with van der Waals surface area (Å²) in [6, 6.07) is 11.0. The molecule has 1 aromatic heterocycles. The van der Waals surface area contributed by atoms with E-state index in [0.29, 0.717) is 13.1 Å². The second kappa shape index (κ2) is 8.80. The van der Waals surface area contributed by atoms with E-state index in [4.69, 9.17) is 0 Å². The third kappa shape index (κ3) is 5.60. The minimum Gasteiger partial charge on any atom is -0.345 e. The molecule has 1 aromatic carbocycles. The highest BCUT2D eigenvalue weighted by Gasteiger charge is 2.28. The maximum atomic E-state index is 13.2. The van der Waals surface area contributed by atoms with E-state index in [0.717, 1.165) is 24.1 Å². The third-order valence-corrected chi connectivity index (χ3v) is 5.28. The first-order chi connectivity index (χ1) is 13.3. The summed E-state index contributed by atoms with van der Waals surface area (Å²) in [7, 11) is 0. The molecule has 2 aromatic rings. The number of benzene rings is 1. The Morgan fingerprint density at radius 1 is 1.14 bits per heavy atom. The molecule has 5 heteroatoms. The molecule has 1 fully saturated rings. The molecule has 0 atom stereocenters.